The van der Waals surface area contributed by atoms with Crippen LogP contribution in [0.4, 0.5) is 13.2 Å². The quantitative estimate of drug-likeness (QED) is 0.671. The lowest BCUT2D eigenvalue weighted by Crippen LogP contribution is -2.46. The number of hydrogen-bond donors (Lipinski definition) is 1. The molecule has 8 heteroatoms. The molecule has 2 rings (SSSR count). The zero-order chi connectivity index (χ0) is 17.0. The van der Waals surface area contributed by atoms with E-state index in [0.717, 1.165) is 12.1 Å². The van der Waals surface area contributed by atoms with Gasteiger partial charge in [0.2, 0.25) is 5.91 Å². The van der Waals surface area contributed by atoms with Crippen LogP contribution in [0.1, 0.15) is 29.6 Å². The molecule has 0 bridgehead atoms. The molecule has 1 aliphatic rings. The Morgan fingerprint density at radius 1 is 1.17 bits per heavy atom. The normalized spacial score (nSPS) is 15.6. The van der Waals surface area contributed by atoms with Gasteiger partial charge in [-0.15, -0.1) is 11.6 Å². The van der Waals surface area contributed by atoms with Crippen molar-refractivity contribution >= 4 is 23.4 Å². The third-order valence-corrected chi connectivity index (χ3v) is 3.92. The van der Waals surface area contributed by atoms with Gasteiger partial charge < -0.3 is 10.2 Å². The number of piperidine rings is 1. The first-order valence-electron chi connectivity index (χ1n) is 7.22. The second kappa shape index (κ2) is 7.68. The predicted octanol–water partition coefficient (Wildman–Crippen LogP) is 2.45. The largest absolute Gasteiger partial charge is 0.353 e. The van der Waals surface area contributed by atoms with Crippen LogP contribution in [-0.2, 0) is 4.79 Å². The van der Waals surface area contributed by atoms with Crippen LogP contribution in [0.3, 0.4) is 0 Å². The molecule has 1 aromatic carbocycles. The maximum atomic E-state index is 13.7. The number of hydrogen-bond acceptors (Lipinski definition) is 2. The molecule has 1 N–H and O–H groups in total. The van der Waals surface area contributed by atoms with Crippen LogP contribution in [0.15, 0.2) is 12.1 Å². The minimum absolute atomic E-state index is 0.0791. The first-order valence-corrected chi connectivity index (χ1v) is 7.75. The summed E-state index contributed by atoms with van der Waals surface area (Å²) in [6.07, 6.45) is 1.23. The SMILES string of the molecule is O=C(CCCl)NC1CCN(C(=O)c2ccc(F)c(F)c2F)CC1. The molecule has 0 saturated carbocycles. The molecule has 1 aromatic rings. The molecule has 0 atom stereocenters. The number of likely N-dealkylation sites (tertiary alicyclic amines) is 1. The van der Waals surface area contributed by atoms with E-state index in [2.05, 4.69) is 5.32 Å². The molecule has 0 radical (unpaired) electrons. The van der Waals surface area contributed by atoms with Crippen molar-refractivity contribution in [3.05, 3.63) is 35.1 Å². The summed E-state index contributed by atoms with van der Waals surface area (Å²) in [6.45, 7) is 0.589. The monoisotopic (exact) mass is 348 g/mol. The highest BCUT2D eigenvalue weighted by Gasteiger charge is 2.27. The van der Waals surface area contributed by atoms with Crippen molar-refractivity contribution in [3.63, 3.8) is 0 Å². The molecule has 126 valence electrons. The van der Waals surface area contributed by atoms with E-state index in [1.54, 1.807) is 0 Å². The molecule has 1 aliphatic heterocycles. The van der Waals surface area contributed by atoms with Crippen LogP contribution >= 0.6 is 11.6 Å². The van der Waals surface area contributed by atoms with Crippen molar-refractivity contribution in [2.24, 2.45) is 0 Å². The molecule has 0 spiro atoms. The average Bonchev–Trinajstić information content (AvgIpc) is 2.53. The van der Waals surface area contributed by atoms with Gasteiger partial charge in [-0.1, -0.05) is 0 Å². The number of carbonyl (C=O) groups excluding carboxylic acids is 2. The smallest absolute Gasteiger partial charge is 0.256 e. The number of carbonyl (C=O) groups is 2. The van der Waals surface area contributed by atoms with Gasteiger partial charge in [0.15, 0.2) is 17.5 Å². The average molecular weight is 349 g/mol. The number of halogens is 4. The van der Waals surface area contributed by atoms with Gasteiger partial charge in [0.1, 0.15) is 0 Å². The Hall–Kier alpha value is -1.76. The van der Waals surface area contributed by atoms with Crippen molar-refractivity contribution in [2.75, 3.05) is 19.0 Å². The van der Waals surface area contributed by atoms with Crippen LogP contribution in [0.5, 0.6) is 0 Å². The van der Waals surface area contributed by atoms with E-state index in [1.165, 1.54) is 4.90 Å². The molecule has 23 heavy (non-hydrogen) atoms. The summed E-state index contributed by atoms with van der Waals surface area (Å²) >= 11 is 5.48. The highest BCUT2D eigenvalue weighted by Crippen LogP contribution is 2.19. The number of rotatable bonds is 4. The molecule has 4 nitrogen and oxygen atoms in total. The molecule has 1 saturated heterocycles. The summed E-state index contributed by atoms with van der Waals surface area (Å²) in [6, 6.07) is 1.58. The van der Waals surface area contributed by atoms with Crippen molar-refractivity contribution in [2.45, 2.75) is 25.3 Å². The molecule has 1 heterocycles. The fourth-order valence-electron chi connectivity index (χ4n) is 2.47. The summed E-state index contributed by atoms with van der Waals surface area (Å²) in [5.74, 6) is -5.08. The molecule has 2 amide bonds. The molecule has 0 aliphatic carbocycles. The second-order valence-corrected chi connectivity index (χ2v) is 5.67. The van der Waals surface area contributed by atoms with Gasteiger partial charge in [-0.05, 0) is 25.0 Å². The summed E-state index contributed by atoms with van der Waals surface area (Å²) < 4.78 is 39.8. The first kappa shape index (κ1) is 17.6. The van der Waals surface area contributed by atoms with Crippen molar-refractivity contribution in [1.29, 1.82) is 0 Å². The van der Waals surface area contributed by atoms with Crippen LogP contribution in [0.2, 0.25) is 0 Å². The topological polar surface area (TPSA) is 49.4 Å². The molecular weight excluding hydrogens is 333 g/mol. The van der Waals surface area contributed by atoms with E-state index in [1.807, 2.05) is 0 Å². The zero-order valence-corrected chi connectivity index (χ0v) is 13.0. The fraction of sp³-hybridized carbons (Fsp3) is 0.467. The zero-order valence-electron chi connectivity index (χ0n) is 12.3. The van der Waals surface area contributed by atoms with E-state index in [0.29, 0.717) is 25.9 Å². The van der Waals surface area contributed by atoms with E-state index in [-0.39, 0.29) is 24.2 Å². The van der Waals surface area contributed by atoms with E-state index in [4.69, 9.17) is 11.6 Å². The van der Waals surface area contributed by atoms with Gasteiger partial charge in [-0.25, -0.2) is 13.2 Å². The van der Waals surface area contributed by atoms with Crippen molar-refractivity contribution in [1.82, 2.24) is 10.2 Å². The highest BCUT2D eigenvalue weighted by molar-refractivity contribution is 6.18. The lowest BCUT2D eigenvalue weighted by Gasteiger charge is -2.32. The first-order chi connectivity index (χ1) is 10.9. The predicted molar refractivity (Wildman–Crippen MR) is 78.7 cm³/mol. The van der Waals surface area contributed by atoms with Crippen molar-refractivity contribution in [3.8, 4) is 0 Å². The maximum Gasteiger partial charge on any atom is 0.256 e. The molecule has 1 fully saturated rings. The van der Waals surface area contributed by atoms with Gasteiger partial charge in [0, 0.05) is 31.4 Å². The van der Waals surface area contributed by atoms with Crippen LogP contribution < -0.4 is 5.32 Å². The number of nitrogens with one attached hydrogen (secondary N) is 1. The van der Waals surface area contributed by atoms with Crippen LogP contribution in [0.25, 0.3) is 0 Å². The summed E-state index contributed by atoms with van der Waals surface area (Å²) in [5, 5.41) is 2.80. The lowest BCUT2D eigenvalue weighted by molar-refractivity contribution is -0.121. The Morgan fingerprint density at radius 3 is 2.43 bits per heavy atom. The van der Waals surface area contributed by atoms with Gasteiger partial charge in [0.25, 0.3) is 5.91 Å². The van der Waals surface area contributed by atoms with E-state index < -0.39 is 28.9 Å². The van der Waals surface area contributed by atoms with Gasteiger partial charge >= 0.3 is 0 Å². The minimum Gasteiger partial charge on any atom is -0.353 e. The fourth-order valence-corrected chi connectivity index (χ4v) is 2.65. The second-order valence-electron chi connectivity index (χ2n) is 5.30. The Labute approximate surface area is 136 Å². The van der Waals surface area contributed by atoms with Crippen LogP contribution in [0, 0.1) is 17.5 Å². The standard InChI is InChI=1S/C15H16ClF3N2O2/c16-6-3-12(22)20-9-4-7-21(8-5-9)15(23)10-1-2-11(17)14(19)13(10)18/h1-2,9H,3-8H2,(H,20,22). The van der Waals surface area contributed by atoms with Gasteiger partial charge in [-0.3, -0.25) is 9.59 Å². The number of amides is 2. The van der Waals surface area contributed by atoms with Gasteiger partial charge in [-0.2, -0.15) is 0 Å². The number of benzene rings is 1. The molecule has 0 unspecified atom stereocenters. The van der Waals surface area contributed by atoms with Crippen LogP contribution in [-0.4, -0.2) is 41.7 Å². The summed E-state index contributed by atoms with van der Waals surface area (Å²) in [7, 11) is 0. The third kappa shape index (κ3) is 4.16. The third-order valence-electron chi connectivity index (χ3n) is 3.73. The Kier molecular flexibility index (Phi) is 5.87. The van der Waals surface area contributed by atoms with E-state index in [9.17, 15) is 22.8 Å². The highest BCUT2D eigenvalue weighted by atomic mass is 35.5. The van der Waals surface area contributed by atoms with E-state index >= 15 is 0 Å². The Bertz CT molecular complexity index is 605. The minimum atomic E-state index is -1.65. The maximum absolute atomic E-state index is 13.7. The molecule has 0 aromatic heterocycles. The summed E-state index contributed by atoms with van der Waals surface area (Å²) in [5.41, 5.74) is -0.492. The number of nitrogens with zero attached hydrogens (tertiary/aromatic N) is 1. The Balaban J connectivity index is 1.96. The molecular formula is C15H16ClF3N2O2. The summed E-state index contributed by atoms with van der Waals surface area (Å²) in [4.78, 5) is 25.0. The van der Waals surface area contributed by atoms with Gasteiger partial charge in [0.05, 0.1) is 5.56 Å². The lowest BCUT2D eigenvalue weighted by atomic mass is 10.0. The van der Waals surface area contributed by atoms with Crippen molar-refractivity contribution < 1.29 is 22.8 Å². The Morgan fingerprint density at radius 2 is 1.83 bits per heavy atom. The number of alkyl halides is 1.